The van der Waals surface area contributed by atoms with Crippen LogP contribution >= 0.6 is 11.8 Å². The Balaban J connectivity index is 3.40. The summed E-state index contributed by atoms with van der Waals surface area (Å²) < 4.78 is 0. The van der Waals surface area contributed by atoms with Crippen LogP contribution in [0, 0.1) is 0 Å². The molecule has 0 amide bonds. The fraction of sp³-hybridized carbons (Fsp3) is 0.800. The van der Waals surface area contributed by atoms with Crippen molar-refractivity contribution in [2.75, 3.05) is 5.75 Å². The summed E-state index contributed by atoms with van der Waals surface area (Å²) in [6.07, 6.45) is 0. The number of carboxylic acids is 1. The molecule has 4 N–H and O–H groups in total. The van der Waals surface area contributed by atoms with Gasteiger partial charge in [0.15, 0.2) is 0 Å². The van der Waals surface area contributed by atoms with Gasteiger partial charge in [-0.1, -0.05) is 0 Å². The van der Waals surface area contributed by atoms with E-state index in [0.29, 0.717) is 0 Å². The Morgan fingerprint density at radius 1 is 1.80 bits per heavy atom. The maximum atomic E-state index is 10.1. The topological polar surface area (TPSA) is 83.5 Å². The first-order valence-corrected chi connectivity index (χ1v) is 3.87. The number of hydrogen-bond donors (Lipinski definition) is 3. The van der Waals surface area contributed by atoms with Crippen molar-refractivity contribution in [3.05, 3.63) is 0 Å². The van der Waals surface area contributed by atoms with Crippen LogP contribution in [0.1, 0.15) is 6.92 Å². The fourth-order valence-electron chi connectivity index (χ4n) is 0.314. The van der Waals surface area contributed by atoms with E-state index in [9.17, 15) is 4.79 Å². The van der Waals surface area contributed by atoms with E-state index in [-0.39, 0.29) is 5.75 Å². The van der Waals surface area contributed by atoms with Crippen LogP contribution in [0.2, 0.25) is 0 Å². The minimum Gasteiger partial charge on any atom is -0.480 e. The zero-order valence-corrected chi connectivity index (χ0v) is 6.47. The van der Waals surface area contributed by atoms with Gasteiger partial charge in [0.2, 0.25) is 0 Å². The van der Waals surface area contributed by atoms with Crippen molar-refractivity contribution in [2.45, 2.75) is 18.4 Å². The number of aliphatic carboxylic acids is 1. The highest BCUT2D eigenvalue weighted by atomic mass is 32.2. The quantitative estimate of drug-likeness (QED) is 0.488. The smallest absolute Gasteiger partial charge is 0.321 e. The number of hydrogen-bond acceptors (Lipinski definition) is 4. The number of rotatable bonds is 4. The molecule has 0 aliphatic rings. The molecule has 0 spiro atoms. The second-order valence-corrected chi connectivity index (χ2v) is 3.23. The Kier molecular flexibility index (Phi) is 4.42. The summed E-state index contributed by atoms with van der Waals surface area (Å²) in [6.45, 7) is 1.57. The molecule has 0 saturated heterocycles. The monoisotopic (exact) mass is 165 g/mol. The summed E-state index contributed by atoms with van der Waals surface area (Å²) in [6, 6.07) is -0.875. The zero-order chi connectivity index (χ0) is 8.15. The maximum absolute atomic E-state index is 10.1. The molecule has 4 nitrogen and oxygen atoms in total. The molecule has 0 rings (SSSR count). The molecular formula is C5H11NO3S. The van der Waals surface area contributed by atoms with Crippen LogP contribution in [0.5, 0.6) is 0 Å². The van der Waals surface area contributed by atoms with E-state index in [2.05, 4.69) is 0 Å². The second-order valence-electron chi connectivity index (χ2n) is 1.88. The van der Waals surface area contributed by atoms with Crippen molar-refractivity contribution in [3.63, 3.8) is 0 Å². The van der Waals surface area contributed by atoms with Crippen LogP contribution in [0.25, 0.3) is 0 Å². The van der Waals surface area contributed by atoms with E-state index in [1.54, 1.807) is 6.92 Å². The Hall–Kier alpha value is -0.260. The molecule has 0 saturated carbocycles. The van der Waals surface area contributed by atoms with Gasteiger partial charge in [-0.25, -0.2) is 0 Å². The molecule has 0 unspecified atom stereocenters. The summed E-state index contributed by atoms with van der Waals surface area (Å²) in [7, 11) is 0. The SMILES string of the molecule is C[C@@H](O)SC[C@@H](N)C(=O)O. The van der Waals surface area contributed by atoms with Gasteiger partial charge in [0.05, 0.1) is 5.44 Å². The third-order valence-electron chi connectivity index (χ3n) is 0.834. The van der Waals surface area contributed by atoms with Gasteiger partial charge < -0.3 is 15.9 Å². The summed E-state index contributed by atoms with van der Waals surface area (Å²) in [5, 5.41) is 17.0. The third-order valence-corrected chi connectivity index (χ3v) is 1.87. The van der Waals surface area contributed by atoms with Gasteiger partial charge in [-0.15, -0.1) is 11.8 Å². The molecule has 0 heterocycles. The predicted octanol–water partition coefficient (Wildman–Crippen LogP) is -0.530. The molecule has 0 aromatic heterocycles. The van der Waals surface area contributed by atoms with Crippen LogP contribution in [-0.2, 0) is 4.79 Å². The molecule has 0 aromatic carbocycles. The van der Waals surface area contributed by atoms with Crippen molar-refractivity contribution < 1.29 is 15.0 Å². The third kappa shape index (κ3) is 4.60. The first kappa shape index (κ1) is 9.74. The van der Waals surface area contributed by atoms with E-state index < -0.39 is 17.4 Å². The van der Waals surface area contributed by atoms with Crippen LogP contribution in [0.4, 0.5) is 0 Å². The standard InChI is InChI=1S/C5H11NO3S/c1-3(7)10-2-4(6)5(8)9/h3-4,7H,2,6H2,1H3,(H,8,9)/t3-,4+/m0/s1. The van der Waals surface area contributed by atoms with Crippen LogP contribution < -0.4 is 5.73 Å². The molecule has 0 bridgehead atoms. The van der Waals surface area contributed by atoms with Crippen molar-refractivity contribution in [1.29, 1.82) is 0 Å². The number of nitrogens with two attached hydrogens (primary N) is 1. The molecule has 0 aromatic rings. The van der Waals surface area contributed by atoms with Gasteiger partial charge in [-0.05, 0) is 6.92 Å². The average Bonchev–Trinajstić information content (AvgIpc) is 1.82. The Morgan fingerprint density at radius 3 is 2.60 bits per heavy atom. The van der Waals surface area contributed by atoms with Gasteiger partial charge in [0.25, 0.3) is 0 Å². The van der Waals surface area contributed by atoms with Gasteiger partial charge in [-0.3, -0.25) is 4.79 Å². The second kappa shape index (κ2) is 4.54. The predicted molar refractivity (Wildman–Crippen MR) is 39.8 cm³/mol. The van der Waals surface area contributed by atoms with Crippen molar-refractivity contribution in [1.82, 2.24) is 0 Å². The molecule has 2 atom stereocenters. The summed E-state index contributed by atoms with van der Waals surface area (Å²) >= 11 is 1.12. The maximum Gasteiger partial charge on any atom is 0.321 e. The first-order valence-electron chi connectivity index (χ1n) is 2.82. The highest BCUT2D eigenvalue weighted by Crippen LogP contribution is 2.07. The molecular weight excluding hydrogens is 154 g/mol. The van der Waals surface area contributed by atoms with Gasteiger partial charge >= 0.3 is 5.97 Å². The largest absolute Gasteiger partial charge is 0.480 e. The van der Waals surface area contributed by atoms with Gasteiger partial charge in [0.1, 0.15) is 6.04 Å². The lowest BCUT2D eigenvalue weighted by atomic mass is 10.4. The van der Waals surface area contributed by atoms with Crippen molar-refractivity contribution in [3.8, 4) is 0 Å². The lowest BCUT2D eigenvalue weighted by molar-refractivity contribution is -0.137. The highest BCUT2D eigenvalue weighted by molar-refractivity contribution is 7.99. The zero-order valence-electron chi connectivity index (χ0n) is 5.65. The number of thioether (sulfide) groups is 1. The Morgan fingerprint density at radius 2 is 2.30 bits per heavy atom. The minimum atomic E-state index is -1.03. The number of aliphatic hydroxyl groups excluding tert-OH is 1. The van der Waals surface area contributed by atoms with E-state index in [1.807, 2.05) is 0 Å². The highest BCUT2D eigenvalue weighted by Gasteiger charge is 2.11. The van der Waals surface area contributed by atoms with Crippen LogP contribution in [0.3, 0.4) is 0 Å². The Labute approximate surface area is 63.4 Å². The van der Waals surface area contributed by atoms with E-state index >= 15 is 0 Å². The molecule has 0 aliphatic carbocycles. The van der Waals surface area contributed by atoms with Gasteiger partial charge in [-0.2, -0.15) is 0 Å². The van der Waals surface area contributed by atoms with Crippen LogP contribution in [-0.4, -0.2) is 33.4 Å². The minimum absolute atomic E-state index is 0.243. The molecule has 60 valence electrons. The molecule has 0 radical (unpaired) electrons. The van der Waals surface area contributed by atoms with E-state index in [4.69, 9.17) is 15.9 Å². The molecule has 10 heavy (non-hydrogen) atoms. The molecule has 5 heteroatoms. The number of aliphatic hydroxyl groups is 1. The molecule has 0 fully saturated rings. The van der Waals surface area contributed by atoms with Crippen LogP contribution in [0.15, 0.2) is 0 Å². The normalized spacial score (nSPS) is 16.3. The lowest BCUT2D eigenvalue weighted by Crippen LogP contribution is -2.33. The summed E-state index contributed by atoms with van der Waals surface area (Å²) in [5.74, 6) is -0.791. The van der Waals surface area contributed by atoms with Gasteiger partial charge in [0, 0.05) is 5.75 Å². The van der Waals surface area contributed by atoms with E-state index in [1.165, 1.54) is 0 Å². The lowest BCUT2D eigenvalue weighted by Gasteiger charge is -2.06. The van der Waals surface area contributed by atoms with Crippen molar-refractivity contribution in [2.24, 2.45) is 5.73 Å². The number of carboxylic acid groups (broad SMARTS) is 1. The van der Waals surface area contributed by atoms with E-state index in [0.717, 1.165) is 11.8 Å². The number of carbonyl (C=O) groups is 1. The first-order chi connectivity index (χ1) is 4.54. The summed E-state index contributed by atoms with van der Waals surface area (Å²) in [5.41, 5.74) is 4.58. The summed E-state index contributed by atoms with van der Waals surface area (Å²) in [4.78, 5) is 10.1. The average molecular weight is 165 g/mol. The van der Waals surface area contributed by atoms with Crippen molar-refractivity contribution >= 4 is 17.7 Å². The fourth-order valence-corrected chi connectivity index (χ4v) is 0.943. The molecule has 0 aliphatic heterocycles. The Bertz CT molecular complexity index is 117.